The molecule has 0 unspecified atom stereocenters. The summed E-state index contributed by atoms with van der Waals surface area (Å²) in [5, 5.41) is 10.7. The van der Waals surface area contributed by atoms with Crippen LogP contribution in [0.4, 0.5) is 0 Å². The third kappa shape index (κ3) is 2.67. The number of hydrogen-bond donors (Lipinski definition) is 1. The molecule has 1 heteroatoms. The molecule has 0 spiro atoms. The molecular weight excluding hydrogens is 304 g/mol. The Morgan fingerprint density at radius 1 is 0.840 bits per heavy atom. The van der Waals surface area contributed by atoms with Gasteiger partial charge in [0.2, 0.25) is 0 Å². The van der Waals surface area contributed by atoms with Crippen molar-refractivity contribution in [3.8, 4) is 0 Å². The third-order valence-electron chi connectivity index (χ3n) is 9.60. The molecule has 0 amide bonds. The van der Waals surface area contributed by atoms with Crippen LogP contribution in [0.1, 0.15) is 86.0 Å². The van der Waals surface area contributed by atoms with Gasteiger partial charge in [0.05, 0.1) is 5.60 Å². The molecule has 0 saturated heterocycles. The highest BCUT2D eigenvalue weighted by atomic mass is 16.3. The van der Waals surface area contributed by atoms with Gasteiger partial charge in [0.15, 0.2) is 0 Å². The summed E-state index contributed by atoms with van der Waals surface area (Å²) in [6.07, 6.45) is 10.3. The molecule has 0 radical (unpaired) electrons. The first-order valence-electron chi connectivity index (χ1n) is 10.9. The van der Waals surface area contributed by atoms with Crippen molar-refractivity contribution in [3.63, 3.8) is 0 Å². The summed E-state index contributed by atoms with van der Waals surface area (Å²) >= 11 is 0. The molecule has 0 aromatic heterocycles. The van der Waals surface area contributed by atoms with Gasteiger partial charge in [-0.3, -0.25) is 0 Å². The summed E-state index contributed by atoms with van der Waals surface area (Å²) in [4.78, 5) is 0. The Kier molecular flexibility index (Phi) is 4.05. The minimum Gasteiger partial charge on any atom is -0.390 e. The molecule has 4 saturated carbocycles. The Hall–Kier alpha value is -0.300. The van der Waals surface area contributed by atoms with E-state index >= 15 is 0 Å². The summed E-state index contributed by atoms with van der Waals surface area (Å²) in [5.41, 5.74) is 1.91. The SMILES string of the molecule is C=C(C)[C@H]1CC[C@H]2[C@@H]3CC(C)(C)[C@@H]4C[C@@](C)(O)CC[C@@H]4[C@H]3CC[C@]12C. The van der Waals surface area contributed by atoms with E-state index in [1.165, 1.54) is 44.1 Å². The van der Waals surface area contributed by atoms with E-state index in [-0.39, 0.29) is 0 Å². The first-order chi connectivity index (χ1) is 11.6. The maximum atomic E-state index is 10.7. The Morgan fingerprint density at radius 2 is 1.52 bits per heavy atom. The van der Waals surface area contributed by atoms with E-state index in [1.54, 1.807) is 0 Å². The average molecular weight is 345 g/mol. The second-order valence-electron chi connectivity index (χ2n) is 11.7. The van der Waals surface area contributed by atoms with E-state index in [4.69, 9.17) is 0 Å². The molecule has 1 nitrogen and oxygen atoms in total. The lowest BCUT2D eigenvalue weighted by Crippen LogP contribution is -2.55. The van der Waals surface area contributed by atoms with Gasteiger partial charge >= 0.3 is 0 Å². The topological polar surface area (TPSA) is 20.2 Å². The molecule has 1 N–H and O–H groups in total. The molecule has 4 aliphatic carbocycles. The average Bonchev–Trinajstić information content (AvgIpc) is 2.84. The van der Waals surface area contributed by atoms with E-state index < -0.39 is 5.60 Å². The van der Waals surface area contributed by atoms with Crippen LogP contribution >= 0.6 is 0 Å². The standard InChI is InChI=1S/C24H40O/c1-15(2)19-7-8-20-18-13-22(3,4)21-14-23(5,25)11-9-17(21)16(18)10-12-24(19,20)6/h16-21,25H,1,7-14H2,2-6H3/t16-,17-,18-,19-,20+,21-,23+,24-/m1/s1. The third-order valence-corrected chi connectivity index (χ3v) is 9.60. The van der Waals surface area contributed by atoms with E-state index in [0.717, 1.165) is 48.3 Å². The predicted octanol–water partition coefficient (Wildman–Crippen LogP) is 6.22. The number of allylic oxidation sites excluding steroid dienone is 1. The quantitative estimate of drug-likeness (QED) is 0.560. The molecule has 8 atom stereocenters. The van der Waals surface area contributed by atoms with Crippen molar-refractivity contribution < 1.29 is 5.11 Å². The number of hydrogen-bond acceptors (Lipinski definition) is 1. The van der Waals surface area contributed by atoms with Gasteiger partial charge < -0.3 is 5.11 Å². The van der Waals surface area contributed by atoms with Crippen molar-refractivity contribution in [2.45, 2.75) is 91.6 Å². The van der Waals surface area contributed by atoms with Gasteiger partial charge in [-0.1, -0.05) is 32.9 Å². The first-order valence-corrected chi connectivity index (χ1v) is 10.9. The van der Waals surface area contributed by atoms with Crippen molar-refractivity contribution in [2.75, 3.05) is 0 Å². The van der Waals surface area contributed by atoms with Gasteiger partial charge in [-0.25, -0.2) is 0 Å². The van der Waals surface area contributed by atoms with Crippen LogP contribution in [-0.4, -0.2) is 10.7 Å². The van der Waals surface area contributed by atoms with Gasteiger partial charge in [-0.15, -0.1) is 0 Å². The van der Waals surface area contributed by atoms with Crippen LogP contribution in [0.15, 0.2) is 12.2 Å². The number of fused-ring (bicyclic) bond motifs is 5. The van der Waals surface area contributed by atoms with Crippen LogP contribution in [0.25, 0.3) is 0 Å². The second kappa shape index (κ2) is 5.60. The molecule has 25 heavy (non-hydrogen) atoms. The Balaban J connectivity index is 1.64. The number of rotatable bonds is 1. The van der Waals surface area contributed by atoms with Crippen molar-refractivity contribution in [1.29, 1.82) is 0 Å². The molecule has 0 aromatic carbocycles. The predicted molar refractivity (Wildman–Crippen MR) is 105 cm³/mol. The lowest BCUT2D eigenvalue weighted by atomic mass is 9.44. The summed E-state index contributed by atoms with van der Waals surface area (Å²) in [6.45, 7) is 16.3. The van der Waals surface area contributed by atoms with Crippen LogP contribution in [0.5, 0.6) is 0 Å². The van der Waals surface area contributed by atoms with Crippen LogP contribution in [0, 0.1) is 46.3 Å². The molecule has 4 rings (SSSR count). The summed E-state index contributed by atoms with van der Waals surface area (Å²) in [7, 11) is 0. The highest BCUT2D eigenvalue weighted by Gasteiger charge is 2.60. The van der Waals surface area contributed by atoms with Gasteiger partial charge in [-0.2, -0.15) is 0 Å². The van der Waals surface area contributed by atoms with Crippen LogP contribution < -0.4 is 0 Å². The second-order valence-corrected chi connectivity index (χ2v) is 11.7. The molecule has 4 aliphatic rings. The molecule has 4 fully saturated rings. The fraction of sp³-hybridized carbons (Fsp3) is 0.917. The first kappa shape index (κ1) is 18.1. The van der Waals surface area contributed by atoms with Gasteiger partial charge in [0.25, 0.3) is 0 Å². The molecule has 142 valence electrons. The maximum absolute atomic E-state index is 10.7. The highest BCUT2D eigenvalue weighted by molar-refractivity contribution is 5.15. The molecule has 0 aliphatic heterocycles. The maximum Gasteiger partial charge on any atom is 0.0622 e. The van der Waals surface area contributed by atoms with Gasteiger partial charge in [0.1, 0.15) is 0 Å². The van der Waals surface area contributed by atoms with Crippen molar-refractivity contribution in [2.24, 2.45) is 46.3 Å². The van der Waals surface area contributed by atoms with Gasteiger partial charge in [0, 0.05) is 0 Å². The summed E-state index contributed by atoms with van der Waals surface area (Å²) < 4.78 is 0. The smallest absolute Gasteiger partial charge is 0.0622 e. The minimum absolute atomic E-state index is 0.385. The molecular formula is C24H40O. The largest absolute Gasteiger partial charge is 0.390 e. The van der Waals surface area contributed by atoms with Crippen LogP contribution in [0.2, 0.25) is 0 Å². The Morgan fingerprint density at radius 3 is 2.20 bits per heavy atom. The zero-order valence-electron chi connectivity index (χ0n) is 17.3. The monoisotopic (exact) mass is 344 g/mol. The lowest BCUT2D eigenvalue weighted by molar-refractivity contribution is -0.144. The van der Waals surface area contributed by atoms with E-state index in [2.05, 4.69) is 41.2 Å². The molecule has 0 aromatic rings. The minimum atomic E-state index is -0.424. The summed E-state index contributed by atoms with van der Waals surface area (Å²) in [6, 6.07) is 0. The Labute approximate surface area is 155 Å². The number of aliphatic hydroxyl groups is 1. The van der Waals surface area contributed by atoms with E-state index in [1.807, 2.05) is 0 Å². The zero-order valence-corrected chi connectivity index (χ0v) is 17.3. The molecule has 0 heterocycles. The van der Waals surface area contributed by atoms with Crippen LogP contribution in [0.3, 0.4) is 0 Å². The summed E-state index contributed by atoms with van der Waals surface area (Å²) in [5.74, 6) is 5.10. The van der Waals surface area contributed by atoms with Crippen molar-refractivity contribution in [3.05, 3.63) is 12.2 Å². The zero-order chi connectivity index (χ0) is 18.2. The van der Waals surface area contributed by atoms with Crippen molar-refractivity contribution in [1.82, 2.24) is 0 Å². The highest BCUT2D eigenvalue weighted by Crippen LogP contribution is 2.68. The van der Waals surface area contributed by atoms with Gasteiger partial charge in [-0.05, 0) is 112 Å². The fourth-order valence-electron chi connectivity index (χ4n) is 8.48. The normalized spacial score (nSPS) is 54.3. The van der Waals surface area contributed by atoms with Crippen LogP contribution in [-0.2, 0) is 0 Å². The van der Waals surface area contributed by atoms with E-state index in [9.17, 15) is 5.11 Å². The molecule has 0 bridgehead atoms. The Bertz CT molecular complexity index is 558. The van der Waals surface area contributed by atoms with Crippen molar-refractivity contribution >= 4 is 0 Å². The van der Waals surface area contributed by atoms with E-state index in [0.29, 0.717) is 10.8 Å². The lowest BCUT2D eigenvalue weighted by Gasteiger charge is -2.61. The fourth-order valence-corrected chi connectivity index (χ4v) is 8.48.